The van der Waals surface area contributed by atoms with Crippen molar-refractivity contribution in [3.05, 3.63) is 40.1 Å². The van der Waals surface area contributed by atoms with Gasteiger partial charge in [0.15, 0.2) is 5.78 Å². The standard InChI is InChI=1S/C15H16N2O4/c1-21-15(5-2-6-15)8-14(18)12-9-16-13-7-10(17(19)20)3-4-11(12)13/h3-4,7,9,16H,2,5-6,8H2,1H3. The van der Waals surface area contributed by atoms with Crippen LogP contribution in [-0.2, 0) is 4.74 Å². The molecular weight excluding hydrogens is 272 g/mol. The Bertz CT molecular complexity index is 710. The Hall–Kier alpha value is -2.21. The predicted molar refractivity (Wildman–Crippen MR) is 77.5 cm³/mol. The highest BCUT2D eigenvalue weighted by molar-refractivity contribution is 6.08. The Morgan fingerprint density at radius 1 is 1.48 bits per heavy atom. The number of aromatic amines is 1. The minimum absolute atomic E-state index is 0.00991. The fourth-order valence-electron chi connectivity index (χ4n) is 2.87. The molecule has 1 heterocycles. The first-order valence-electron chi connectivity index (χ1n) is 6.88. The molecule has 6 heteroatoms. The first-order chi connectivity index (χ1) is 10.0. The Kier molecular flexibility index (Phi) is 3.25. The number of fused-ring (bicyclic) bond motifs is 1. The zero-order chi connectivity index (χ0) is 15.0. The number of nitrogens with zero attached hydrogens (tertiary/aromatic N) is 1. The van der Waals surface area contributed by atoms with Crippen molar-refractivity contribution in [2.45, 2.75) is 31.3 Å². The number of carbonyl (C=O) groups excluding carboxylic acids is 1. The van der Waals surface area contributed by atoms with Crippen molar-refractivity contribution >= 4 is 22.4 Å². The number of nitrogens with one attached hydrogen (secondary N) is 1. The van der Waals surface area contributed by atoms with Crippen molar-refractivity contribution in [1.82, 2.24) is 4.98 Å². The van der Waals surface area contributed by atoms with Crippen LogP contribution in [-0.4, -0.2) is 28.4 Å². The Morgan fingerprint density at radius 3 is 2.81 bits per heavy atom. The van der Waals surface area contributed by atoms with Crippen LogP contribution in [0.25, 0.3) is 10.9 Å². The lowest BCUT2D eigenvalue weighted by atomic mass is 9.76. The average molecular weight is 288 g/mol. The van der Waals surface area contributed by atoms with Crippen molar-refractivity contribution in [3.63, 3.8) is 0 Å². The quantitative estimate of drug-likeness (QED) is 0.520. The molecule has 1 N–H and O–H groups in total. The number of H-pyrrole nitrogens is 1. The smallest absolute Gasteiger partial charge is 0.271 e. The lowest BCUT2D eigenvalue weighted by Crippen LogP contribution is -2.41. The van der Waals surface area contributed by atoms with Crippen LogP contribution >= 0.6 is 0 Å². The minimum atomic E-state index is -0.448. The normalized spacial score (nSPS) is 16.6. The van der Waals surface area contributed by atoms with E-state index in [0.29, 0.717) is 17.5 Å². The molecular formula is C15H16N2O4. The van der Waals surface area contributed by atoms with Crippen molar-refractivity contribution in [2.24, 2.45) is 0 Å². The lowest BCUT2D eigenvalue weighted by Gasteiger charge is -2.39. The molecule has 1 aromatic carbocycles. The highest BCUT2D eigenvalue weighted by Crippen LogP contribution is 2.39. The first-order valence-corrected chi connectivity index (χ1v) is 6.88. The summed E-state index contributed by atoms with van der Waals surface area (Å²) in [5.74, 6) is 0.0108. The van der Waals surface area contributed by atoms with Gasteiger partial charge in [-0.1, -0.05) is 0 Å². The molecule has 0 unspecified atom stereocenters. The molecule has 2 aromatic rings. The number of benzene rings is 1. The summed E-state index contributed by atoms with van der Waals surface area (Å²) in [7, 11) is 1.64. The molecule has 0 atom stereocenters. The van der Waals surface area contributed by atoms with Crippen molar-refractivity contribution in [1.29, 1.82) is 0 Å². The molecule has 0 aliphatic heterocycles. The molecule has 0 bridgehead atoms. The van der Waals surface area contributed by atoms with E-state index in [-0.39, 0.29) is 17.1 Å². The molecule has 0 saturated heterocycles. The van der Waals surface area contributed by atoms with Crippen molar-refractivity contribution < 1.29 is 14.5 Å². The van der Waals surface area contributed by atoms with Gasteiger partial charge in [0.25, 0.3) is 5.69 Å². The van der Waals surface area contributed by atoms with Crippen LogP contribution < -0.4 is 0 Å². The third-order valence-corrected chi connectivity index (χ3v) is 4.36. The molecule has 1 saturated carbocycles. The zero-order valence-electron chi connectivity index (χ0n) is 11.7. The molecule has 21 heavy (non-hydrogen) atoms. The highest BCUT2D eigenvalue weighted by Gasteiger charge is 2.39. The number of ketones is 1. The summed E-state index contributed by atoms with van der Waals surface area (Å²) >= 11 is 0. The SMILES string of the molecule is COC1(CC(=O)c2c[nH]c3cc([N+](=O)[O-])ccc23)CCC1. The van der Waals surface area contributed by atoms with E-state index in [1.165, 1.54) is 12.1 Å². The average Bonchev–Trinajstić information content (AvgIpc) is 2.85. The van der Waals surface area contributed by atoms with Gasteiger partial charge < -0.3 is 9.72 Å². The van der Waals surface area contributed by atoms with Crippen LogP contribution in [0.3, 0.4) is 0 Å². The number of nitro groups is 1. The largest absolute Gasteiger partial charge is 0.378 e. The first kappa shape index (κ1) is 13.8. The molecule has 1 aromatic heterocycles. The molecule has 6 nitrogen and oxygen atoms in total. The molecule has 0 amide bonds. The second kappa shape index (κ2) is 4.96. The third-order valence-electron chi connectivity index (χ3n) is 4.36. The van der Waals surface area contributed by atoms with E-state index in [9.17, 15) is 14.9 Å². The molecule has 1 aliphatic carbocycles. The Morgan fingerprint density at radius 2 is 2.24 bits per heavy atom. The molecule has 3 rings (SSSR count). The second-order valence-electron chi connectivity index (χ2n) is 5.53. The molecule has 1 aliphatic rings. The van der Waals surface area contributed by atoms with Gasteiger partial charge in [0.2, 0.25) is 0 Å². The number of ether oxygens (including phenoxy) is 1. The van der Waals surface area contributed by atoms with E-state index in [0.717, 1.165) is 24.6 Å². The van der Waals surface area contributed by atoms with Gasteiger partial charge >= 0.3 is 0 Å². The van der Waals surface area contributed by atoms with Crippen LogP contribution in [0, 0.1) is 10.1 Å². The fourth-order valence-corrected chi connectivity index (χ4v) is 2.87. The number of carbonyl (C=O) groups is 1. The zero-order valence-corrected chi connectivity index (χ0v) is 11.7. The monoisotopic (exact) mass is 288 g/mol. The van der Waals surface area contributed by atoms with Gasteiger partial charge in [0.05, 0.1) is 16.0 Å². The number of aromatic nitrogens is 1. The molecule has 0 spiro atoms. The minimum Gasteiger partial charge on any atom is -0.378 e. The number of hydrogen-bond acceptors (Lipinski definition) is 4. The number of hydrogen-bond donors (Lipinski definition) is 1. The molecule has 1 fully saturated rings. The second-order valence-corrected chi connectivity index (χ2v) is 5.53. The topological polar surface area (TPSA) is 85.2 Å². The summed E-state index contributed by atoms with van der Waals surface area (Å²) < 4.78 is 5.48. The number of rotatable bonds is 5. The fraction of sp³-hybridized carbons (Fsp3) is 0.400. The lowest BCUT2D eigenvalue weighted by molar-refractivity contribution is -0.384. The van der Waals surface area contributed by atoms with E-state index >= 15 is 0 Å². The third kappa shape index (κ3) is 2.31. The highest BCUT2D eigenvalue weighted by atomic mass is 16.6. The van der Waals surface area contributed by atoms with Crippen LogP contribution in [0.15, 0.2) is 24.4 Å². The van der Waals surface area contributed by atoms with Gasteiger partial charge in [-0.05, 0) is 25.3 Å². The Balaban J connectivity index is 1.90. The van der Waals surface area contributed by atoms with E-state index in [2.05, 4.69) is 4.98 Å². The maximum absolute atomic E-state index is 12.5. The number of nitro benzene ring substituents is 1. The van der Waals surface area contributed by atoms with E-state index in [1.54, 1.807) is 19.4 Å². The number of Topliss-reactive ketones (excluding diaryl/α,β-unsaturated/α-hetero) is 1. The van der Waals surface area contributed by atoms with Crippen LogP contribution in [0.4, 0.5) is 5.69 Å². The maximum atomic E-state index is 12.5. The Labute approximate surface area is 121 Å². The summed E-state index contributed by atoms with van der Waals surface area (Å²) in [4.78, 5) is 25.7. The van der Waals surface area contributed by atoms with Gasteiger partial charge in [-0.3, -0.25) is 14.9 Å². The van der Waals surface area contributed by atoms with Gasteiger partial charge in [-0.15, -0.1) is 0 Å². The van der Waals surface area contributed by atoms with Gasteiger partial charge in [-0.25, -0.2) is 0 Å². The molecule has 110 valence electrons. The van der Waals surface area contributed by atoms with Crippen LogP contribution in [0.2, 0.25) is 0 Å². The van der Waals surface area contributed by atoms with Crippen LogP contribution in [0.5, 0.6) is 0 Å². The summed E-state index contributed by atoms with van der Waals surface area (Å²) in [6.07, 6.45) is 4.87. The summed E-state index contributed by atoms with van der Waals surface area (Å²) in [6.45, 7) is 0. The van der Waals surface area contributed by atoms with E-state index in [4.69, 9.17) is 4.74 Å². The van der Waals surface area contributed by atoms with Crippen molar-refractivity contribution in [3.8, 4) is 0 Å². The van der Waals surface area contributed by atoms with Gasteiger partial charge in [0.1, 0.15) is 0 Å². The predicted octanol–water partition coefficient (Wildman–Crippen LogP) is 3.22. The number of methoxy groups -OCH3 is 1. The van der Waals surface area contributed by atoms with Crippen LogP contribution in [0.1, 0.15) is 36.0 Å². The summed E-state index contributed by atoms with van der Waals surface area (Å²) in [5, 5.41) is 11.5. The van der Waals surface area contributed by atoms with Crippen molar-refractivity contribution in [2.75, 3.05) is 7.11 Å². The van der Waals surface area contributed by atoms with Gasteiger partial charge in [-0.2, -0.15) is 0 Å². The summed E-state index contributed by atoms with van der Waals surface area (Å²) in [6, 6.07) is 4.49. The van der Waals surface area contributed by atoms with E-state index < -0.39 is 4.92 Å². The number of non-ortho nitro benzene ring substituents is 1. The van der Waals surface area contributed by atoms with Gasteiger partial charge in [0, 0.05) is 42.8 Å². The maximum Gasteiger partial charge on any atom is 0.271 e. The van der Waals surface area contributed by atoms with E-state index in [1.807, 2.05) is 0 Å². The summed E-state index contributed by atoms with van der Waals surface area (Å²) in [5.41, 5.74) is 0.869. The molecule has 0 radical (unpaired) electrons.